The molecule has 2 aromatic rings. The van der Waals surface area contributed by atoms with E-state index in [1.807, 2.05) is 0 Å². The molecule has 0 bridgehead atoms. The molecule has 0 spiro atoms. The molecule has 1 aromatic carbocycles. The smallest absolute Gasteiger partial charge is 0.305 e. The van der Waals surface area contributed by atoms with E-state index in [-0.39, 0.29) is 11.5 Å². The predicted octanol–water partition coefficient (Wildman–Crippen LogP) is 2.73. The number of carbonyl (C=O) groups is 2. The van der Waals surface area contributed by atoms with Crippen molar-refractivity contribution >= 4 is 28.3 Å². The lowest BCUT2D eigenvalue weighted by atomic mass is 10.1. The van der Waals surface area contributed by atoms with Gasteiger partial charge >= 0.3 is 5.97 Å². The quantitative estimate of drug-likeness (QED) is 0.820. The fourth-order valence-electron chi connectivity index (χ4n) is 1.79. The van der Waals surface area contributed by atoms with Crippen LogP contribution in [0.25, 0.3) is 0 Å². The molecule has 0 saturated heterocycles. The number of aromatic nitrogens is 2. The number of methoxy groups -OCH3 is 1. The normalized spacial score (nSPS) is 10.4. The molecule has 0 fully saturated rings. The number of halogens is 1. The Kier molecular flexibility index (Phi) is 5.75. The maximum atomic E-state index is 13.5. The molecule has 1 heterocycles. The van der Waals surface area contributed by atoms with Gasteiger partial charge < -0.3 is 4.74 Å². The average Bonchev–Trinajstić information content (AvgIpc) is 2.97. The Balaban J connectivity index is 1.91. The first-order valence-corrected chi connectivity index (χ1v) is 7.78. The summed E-state index contributed by atoms with van der Waals surface area (Å²) in [7, 11) is 1.34. The zero-order valence-electron chi connectivity index (χ0n) is 12.8. The van der Waals surface area contributed by atoms with Gasteiger partial charge in [-0.05, 0) is 31.0 Å². The van der Waals surface area contributed by atoms with Crippen LogP contribution in [0.15, 0.2) is 18.2 Å². The number of amides is 1. The van der Waals surface area contributed by atoms with Gasteiger partial charge in [0.25, 0.3) is 5.91 Å². The molecule has 23 heavy (non-hydrogen) atoms. The van der Waals surface area contributed by atoms with E-state index in [4.69, 9.17) is 0 Å². The number of hydrogen-bond donors (Lipinski definition) is 1. The van der Waals surface area contributed by atoms with Crippen LogP contribution in [-0.2, 0) is 16.0 Å². The number of hydrogen-bond acceptors (Lipinski definition) is 6. The van der Waals surface area contributed by atoms with Crippen LogP contribution in [0.4, 0.5) is 9.52 Å². The van der Waals surface area contributed by atoms with Gasteiger partial charge in [0.15, 0.2) is 0 Å². The second-order valence-corrected chi connectivity index (χ2v) is 5.91. The van der Waals surface area contributed by atoms with Crippen molar-refractivity contribution in [1.82, 2.24) is 10.2 Å². The molecule has 0 saturated carbocycles. The van der Waals surface area contributed by atoms with E-state index in [9.17, 15) is 14.0 Å². The lowest BCUT2D eigenvalue weighted by molar-refractivity contribution is -0.140. The molecule has 0 aliphatic carbocycles. The van der Waals surface area contributed by atoms with Crippen molar-refractivity contribution in [3.05, 3.63) is 40.2 Å². The number of carbonyl (C=O) groups excluding carboxylic acids is 2. The van der Waals surface area contributed by atoms with Crippen LogP contribution in [0.2, 0.25) is 0 Å². The molecule has 0 unspecified atom stereocenters. The highest BCUT2D eigenvalue weighted by Gasteiger charge is 2.12. The number of anilines is 1. The summed E-state index contributed by atoms with van der Waals surface area (Å²) in [4.78, 5) is 23.0. The summed E-state index contributed by atoms with van der Waals surface area (Å²) in [6.07, 6.45) is 1.47. The van der Waals surface area contributed by atoms with Crippen LogP contribution >= 0.6 is 11.3 Å². The van der Waals surface area contributed by atoms with Gasteiger partial charge in [0.2, 0.25) is 5.13 Å². The second-order valence-electron chi connectivity index (χ2n) is 4.85. The van der Waals surface area contributed by atoms with E-state index in [1.54, 1.807) is 19.1 Å². The minimum atomic E-state index is -0.443. The highest BCUT2D eigenvalue weighted by molar-refractivity contribution is 7.15. The standard InChI is InChI=1S/C15H16FN3O3S/c1-9-6-7-10(8-11(9)16)14(21)17-15-19-18-12(23-15)4-3-5-13(20)22-2/h6-8H,3-5H2,1-2H3,(H,17,19,21). The van der Waals surface area contributed by atoms with Gasteiger partial charge in [-0.15, -0.1) is 10.2 Å². The van der Waals surface area contributed by atoms with Gasteiger partial charge in [-0.2, -0.15) is 0 Å². The van der Waals surface area contributed by atoms with Crippen molar-refractivity contribution in [3.63, 3.8) is 0 Å². The van der Waals surface area contributed by atoms with E-state index in [1.165, 1.54) is 24.5 Å². The van der Waals surface area contributed by atoms with E-state index >= 15 is 0 Å². The summed E-state index contributed by atoms with van der Waals surface area (Å²) in [5, 5.41) is 11.4. The molecule has 0 radical (unpaired) electrons. The number of rotatable bonds is 6. The monoisotopic (exact) mass is 337 g/mol. The number of ether oxygens (including phenoxy) is 1. The summed E-state index contributed by atoms with van der Waals surface area (Å²) in [6.45, 7) is 1.63. The molecule has 1 aromatic heterocycles. The topological polar surface area (TPSA) is 81.2 Å². The van der Waals surface area contributed by atoms with Crippen molar-refractivity contribution in [2.75, 3.05) is 12.4 Å². The molecule has 122 valence electrons. The maximum absolute atomic E-state index is 13.5. The zero-order chi connectivity index (χ0) is 16.8. The third-order valence-electron chi connectivity index (χ3n) is 3.12. The Morgan fingerprint density at radius 2 is 2.13 bits per heavy atom. The average molecular weight is 337 g/mol. The Hall–Kier alpha value is -2.35. The molecule has 1 N–H and O–H groups in total. The Bertz CT molecular complexity index is 718. The largest absolute Gasteiger partial charge is 0.469 e. The summed E-state index contributed by atoms with van der Waals surface area (Å²) in [5.41, 5.74) is 0.695. The molecule has 6 nitrogen and oxygen atoms in total. The van der Waals surface area contributed by atoms with Crippen molar-refractivity contribution in [1.29, 1.82) is 0 Å². The van der Waals surface area contributed by atoms with Gasteiger partial charge in [0.1, 0.15) is 10.8 Å². The molecule has 0 aliphatic rings. The summed E-state index contributed by atoms with van der Waals surface area (Å²) < 4.78 is 18.0. The van der Waals surface area contributed by atoms with Crippen LogP contribution in [-0.4, -0.2) is 29.2 Å². The fourth-order valence-corrected chi connectivity index (χ4v) is 2.57. The second kappa shape index (κ2) is 7.77. The highest BCUT2D eigenvalue weighted by atomic mass is 32.1. The minimum absolute atomic E-state index is 0.218. The number of esters is 1. The zero-order valence-corrected chi connectivity index (χ0v) is 13.6. The van der Waals surface area contributed by atoms with E-state index in [2.05, 4.69) is 20.3 Å². The Morgan fingerprint density at radius 1 is 1.35 bits per heavy atom. The number of aryl methyl sites for hydroxylation is 2. The van der Waals surface area contributed by atoms with Crippen LogP contribution in [0, 0.1) is 12.7 Å². The summed E-state index contributed by atoms with van der Waals surface area (Å²) >= 11 is 1.22. The van der Waals surface area contributed by atoms with E-state index < -0.39 is 11.7 Å². The molecule has 1 amide bonds. The van der Waals surface area contributed by atoms with Crippen LogP contribution < -0.4 is 5.32 Å². The van der Waals surface area contributed by atoms with Crippen molar-refractivity contribution < 1.29 is 18.7 Å². The summed E-state index contributed by atoms with van der Waals surface area (Å²) in [6, 6.07) is 4.28. The maximum Gasteiger partial charge on any atom is 0.305 e. The third kappa shape index (κ3) is 4.82. The highest BCUT2D eigenvalue weighted by Crippen LogP contribution is 2.18. The van der Waals surface area contributed by atoms with Crippen molar-refractivity contribution in [3.8, 4) is 0 Å². The molecule has 0 atom stereocenters. The first kappa shape index (κ1) is 17.0. The van der Waals surface area contributed by atoms with E-state index in [0.717, 1.165) is 0 Å². The molecular weight excluding hydrogens is 321 g/mol. The van der Waals surface area contributed by atoms with Gasteiger partial charge in [-0.3, -0.25) is 14.9 Å². The number of benzene rings is 1. The third-order valence-corrected chi connectivity index (χ3v) is 4.02. The lowest BCUT2D eigenvalue weighted by Crippen LogP contribution is -2.12. The van der Waals surface area contributed by atoms with Gasteiger partial charge in [0, 0.05) is 18.4 Å². The number of nitrogens with zero attached hydrogens (tertiary/aromatic N) is 2. The van der Waals surface area contributed by atoms with Gasteiger partial charge in [0.05, 0.1) is 7.11 Å². The molecule has 2 rings (SSSR count). The van der Waals surface area contributed by atoms with Crippen LogP contribution in [0.1, 0.15) is 33.8 Å². The van der Waals surface area contributed by atoms with Gasteiger partial charge in [-0.25, -0.2) is 4.39 Å². The summed E-state index contributed by atoms with van der Waals surface area (Å²) in [5.74, 6) is -1.15. The SMILES string of the molecule is COC(=O)CCCc1nnc(NC(=O)c2ccc(C)c(F)c2)s1. The Labute approximate surface area is 136 Å². The molecule has 8 heteroatoms. The lowest BCUT2D eigenvalue weighted by Gasteiger charge is -2.02. The van der Waals surface area contributed by atoms with E-state index in [0.29, 0.717) is 35.0 Å². The van der Waals surface area contributed by atoms with Gasteiger partial charge in [-0.1, -0.05) is 17.4 Å². The van der Waals surface area contributed by atoms with Crippen LogP contribution in [0.3, 0.4) is 0 Å². The molecule has 0 aliphatic heterocycles. The number of nitrogens with one attached hydrogen (secondary N) is 1. The predicted molar refractivity (Wildman–Crippen MR) is 84.0 cm³/mol. The van der Waals surface area contributed by atoms with Crippen molar-refractivity contribution in [2.45, 2.75) is 26.2 Å². The first-order valence-electron chi connectivity index (χ1n) is 6.96. The minimum Gasteiger partial charge on any atom is -0.469 e. The molecular formula is C15H16FN3O3S. The first-order chi connectivity index (χ1) is 11.0. The Morgan fingerprint density at radius 3 is 2.83 bits per heavy atom. The van der Waals surface area contributed by atoms with Crippen molar-refractivity contribution in [2.24, 2.45) is 0 Å². The van der Waals surface area contributed by atoms with Crippen LogP contribution in [0.5, 0.6) is 0 Å². The fraction of sp³-hybridized carbons (Fsp3) is 0.333.